The van der Waals surface area contributed by atoms with Gasteiger partial charge in [-0.15, -0.1) is 0 Å². The summed E-state index contributed by atoms with van der Waals surface area (Å²) in [6, 6.07) is 9.04. The normalized spacial score (nSPS) is 22.8. The van der Waals surface area contributed by atoms with Gasteiger partial charge in [-0.05, 0) is 24.0 Å². The molecule has 0 bridgehead atoms. The fourth-order valence-electron chi connectivity index (χ4n) is 3.34. The molecule has 0 radical (unpaired) electrons. The number of hydrogen-bond donors (Lipinski definition) is 3. The standard InChI is InChI=1S/C23H30O9/c1-13(2)9-17(31-18(22(28)30-3)10-14-7-5-4-6-8-14)23(29)32-21-19(26)15(12-24)11-16(25)20(21)27/h4-8,11,13,16-18,20-21,24-25,27H,9-10,12H2,1-3H3/t16-,17+,18-,20+,21+/m1/s1. The molecule has 0 aromatic heterocycles. The third kappa shape index (κ3) is 6.70. The molecule has 0 unspecified atom stereocenters. The van der Waals surface area contributed by atoms with Crippen LogP contribution in [0.1, 0.15) is 25.8 Å². The van der Waals surface area contributed by atoms with E-state index in [1.807, 2.05) is 19.9 Å². The number of ether oxygens (including phenoxy) is 3. The molecular weight excluding hydrogens is 420 g/mol. The first-order valence-electron chi connectivity index (χ1n) is 10.4. The second kappa shape index (κ2) is 11.9. The van der Waals surface area contributed by atoms with E-state index in [0.717, 1.165) is 11.6 Å². The summed E-state index contributed by atoms with van der Waals surface area (Å²) in [5.41, 5.74) is 0.622. The maximum absolute atomic E-state index is 12.9. The van der Waals surface area contributed by atoms with Gasteiger partial charge in [-0.1, -0.05) is 44.2 Å². The topological polar surface area (TPSA) is 140 Å². The molecule has 1 aliphatic carbocycles. The highest BCUT2D eigenvalue weighted by Gasteiger charge is 2.42. The summed E-state index contributed by atoms with van der Waals surface area (Å²) in [5.74, 6) is -2.49. The van der Waals surface area contributed by atoms with Crippen LogP contribution in [0.15, 0.2) is 42.0 Å². The maximum atomic E-state index is 12.9. The average Bonchev–Trinajstić information content (AvgIpc) is 2.77. The minimum Gasteiger partial charge on any atom is -0.467 e. The van der Waals surface area contributed by atoms with Crippen molar-refractivity contribution in [3.63, 3.8) is 0 Å². The molecule has 176 valence electrons. The Labute approximate surface area is 186 Å². The first kappa shape index (κ1) is 25.7. The number of methoxy groups -OCH3 is 1. The Morgan fingerprint density at radius 1 is 1.06 bits per heavy atom. The van der Waals surface area contributed by atoms with E-state index < -0.39 is 54.8 Å². The number of benzene rings is 1. The van der Waals surface area contributed by atoms with Gasteiger partial charge in [0.2, 0.25) is 5.78 Å². The zero-order valence-electron chi connectivity index (χ0n) is 18.3. The number of Topliss-reactive ketones (excluding diaryl/α,β-unsaturated/α-hetero) is 1. The quantitative estimate of drug-likeness (QED) is 0.430. The predicted octanol–water partition coefficient (Wildman–Crippen LogP) is 0.337. The van der Waals surface area contributed by atoms with Crippen molar-refractivity contribution in [2.75, 3.05) is 13.7 Å². The largest absolute Gasteiger partial charge is 0.467 e. The fraction of sp³-hybridized carbons (Fsp3) is 0.522. The molecule has 2 rings (SSSR count). The Hall–Kier alpha value is -2.59. The van der Waals surface area contributed by atoms with Gasteiger partial charge >= 0.3 is 11.9 Å². The smallest absolute Gasteiger partial charge is 0.336 e. The second-order valence-electron chi connectivity index (χ2n) is 8.01. The molecule has 0 fully saturated rings. The van der Waals surface area contributed by atoms with Crippen molar-refractivity contribution >= 4 is 17.7 Å². The molecule has 0 spiro atoms. The molecule has 1 aromatic rings. The van der Waals surface area contributed by atoms with E-state index in [9.17, 15) is 29.7 Å². The van der Waals surface area contributed by atoms with Gasteiger partial charge in [-0.3, -0.25) is 4.79 Å². The highest BCUT2D eigenvalue weighted by Crippen LogP contribution is 2.22. The highest BCUT2D eigenvalue weighted by atomic mass is 16.6. The number of ketones is 1. The Bertz CT molecular complexity index is 818. The number of aliphatic hydroxyl groups excluding tert-OH is 3. The Balaban J connectivity index is 2.21. The molecule has 0 saturated carbocycles. The SMILES string of the molecule is COC(=O)[C@@H](Cc1ccccc1)O[C@@H](CC(C)C)C(=O)O[C@H]1C(=O)C(CO)=C[C@@H](O)[C@@H]1O. The summed E-state index contributed by atoms with van der Waals surface area (Å²) in [7, 11) is 1.21. The van der Waals surface area contributed by atoms with Crippen molar-refractivity contribution in [1.82, 2.24) is 0 Å². The van der Waals surface area contributed by atoms with Gasteiger partial charge in [0.05, 0.1) is 13.7 Å². The van der Waals surface area contributed by atoms with Crippen LogP contribution in [0, 0.1) is 5.92 Å². The van der Waals surface area contributed by atoms with Crippen LogP contribution >= 0.6 is 0 Å². The van der Waals surface area contributed by atoms with Crippen molar-refractivity contribution < 1.29 is 43.9 Å². The molecule has 3 N–H and O–H groups in total. The van der Waals surface area contributed by atoms with Gasteiger partial charge in [0.1, 0.15) is 12.2 Å². The number of carbonyl (C=O) groups excluding carboxylic acids is 3. The van der Waals surface area contributed by atoms with E-state index in [0.29, 0.717) is 0 Å². The summed E-state index contributed by atoms with van der Waals surface area (Å²) >= 11 is 0. The van der Waals surface area contributed by atoms with Crippen molar-refractivity contribution in [1.29, 1.82) is 0 Å². The van der Waals surface area contributed by atoms with E-state index in [2.05, 4.69) is 0 Å². The monoisotopic (exact) mass is 450 g/mol. The molecule has 9 nitrogen and oxygen atoms in total. The average molecular weight is 450 g/mol. The molecule has 0 amide bonds. The number of carbonyl (C=O) groups is 3. The number of aliphatic hydroxyl groups is 3. The van der Waals surface area contributed by atoms with Gasteiger partial charge in [0.25, 0.3) is 0 Å². The minimum absolute atomic E-state index is 0.0342. The van der Waals surface area contributed by atoms with Crippen LogP contribution in [0.2, 0.25) is 0 Å². The molecular formula is C23H30O9. The first-order chi connectivity index (χ1) is 15.2. The van der Waals surface area contributed by atoms with Crippen molar-refractivity contribution in [2.45, 2.75) is 57.2 Å². The maximum Gasteiger partial charge on any atom is 0.336 e. The zero-order chi connectivity index (χ0) is 23.8. The molecule has 32 heavy (non-hydrogen) atoms. The predicted molar refractivity (Wildman–Crippen MR) is 112 cm³/mol. The molecule has 0 aliphatic heterocycles. The molecule has 0 heterocycles. The van der Waals surface area contributed by atoms with Crippen LogP contribution in [0.4, 0.5) is 0 Å². The number of esters is 2. The fourth-order valence-corrected chi connectivity index (χ4v) is 3.34. The van der Waals surface area contributed by atoms with Crippen LogP contribution < -0.4 is 0 Å². The summed E-state index contributed by atoms with van der Waals surface area (Å²) in [5, 5.41) is 29.3. The third-order valence-corrected chi connectivity index (χ3v) is 5.03. The lowest BCUT2D eigenvalue weighted by atomic mass is 9.91. The van der Waals surface area contributed by atoms with E-state index in [4.69, 9.17) is 14.2 Å². The second-order valence-corrected chi connectivity index (χ2v) is 8.01. The molecule has 9 heteroatoms. The highest BCUT2D eigenvalue weighted by molar-refractivity contribution is 6.01. The first-order valence-corrected chi connectivity index (χ1v) is 10.4. The molecule has 1 aromatic carbocycles. The Morgan fingerprint density at radius 3 is 2.28 bits per heavy atom. The summed E-state index contributed by atoms with van der Waals surface area (Å²) < 4.78 is 15.8. The molecule has 0 saturated heterocycles. The van der Waals surface area contributed by atoms with Crippen LogP contribution in [0.25, 0.3) is 0 Å². The third-order valence-electron chi connectivity index (χ3n) is 5.03. The molecule has 1 aliphatic rings. The summed E-state index contributed by atoms with van der Waals surface area (Å²) in [4.78, 5) is 37.6. The van der Waals surface area contributed by atoms with Crippen LogP contribution in [-0.2, 0) is 35.0 Å². The number of hydrogen-bond acceptors (Lipinski definition) is 9. The van der Waals surface area contributed by atoms with Crippen LogP contribution in [0.5, 0.6) is 0 Å². The Morgan fingerprint density at radius 2 is 1.72 bits per heavy atom. The van der Waals surface area contributed by atoms with Crippen molar-refractivity contribution in [3.8, 4) is 0 Å². The van der Waals surface area contributed by atoms with Gasteiger partial charge in [0, 0.05) is 12.0 Å². The van der Waals surface area contributed by atoms with Crippen LogP contribution in [0.3, 0.4) is 0 Å². The van der Waals surface area contributed by atoms with Gasteiger partial charge in [0.15, 0.2) is 18.3 Å². The zero-order valence-corrected chi connectivity index (χ0v) is 18.3. The van der Waals surface area contributed by atoms with E-state index >= 15 is 0 Å². The van der Waals surface area contributed by atoms with Gasteiger partial charge in [-0.2, -0.15) is 0 Å². The Kier molecular flexibility index (Phi) is 9.52. The lowest BCUT2D eigenvalue weighted by molar-refractivity contribution is -0.183. The van der Waals surface area contributed by atoms with Crippen molar-refractivity contribution in [3.05, 3.63) is 47.5 Å². The summed E-state index contributed by atoms with van der Waals surface area (Å²) in [6.07, 6.45) is -5.88. The van der Waals surface area contributed by atoms with Gasteiger partial charge < -0.3 is 29.5 Å². The van der Waals surface area contributed by atoms with Crippen molar-refractivity contribution in [2.24, 2.45) is 5.92 Å². The van der Waals surface area contributed by atoms with E-state index in [1.165, 1.54) is 7.11 Å². The molecule has 5 atom stereocenters. The van der Waals surface area contributed by atoms with Crippen LogP contribution in [-0.4, -0.2) is 77.3 Å². The lowest BCUT2D eigenvalue weighted by Crippen LogP contribution is -2.50. The summed E-state index contributed by atoms with van der Waals surface area (Å²) in [6.45, 7) is 3.00. The van der Waals surface area contributed by atoms with E-state index in [1.54, 1.807) is 24.3 Å². The number of rotatable bonds is 10. The van der Waals surface area contributed by atoms with Gasteiger partial charge in [-0.25, -0.2) is 9.59 Å². The van der Waals surface area contributed by atoms with E-state index in [-0.39, 0.29) is 24.3 Å². The lowest BCUT2D eigenvalue weighted by Gasteiger charge is -2.31. The minimum atomic E-state index is -1.70.